The summed E-state index contributed by atoms with van der Waals surface area (Å²) >= 11 is 0. The molecule has 198 valence electrons. The fraction of sp³-hybridized carbons (Fsp3) is 0.522. The molecule has 1 aromatic heterocycles. The molecule has 0 amide bonds. The summed E-state index contributed by atoms with van der Waals surface area (Å²) in [5.74, 6) is -0.488. The van der Waals surface area contributed by atoms with E-state index in [9.17, 15) is 14.2 Å². The monoisotopic (exact) mass is 524 g/mol. The highest BCUT2D eigenvalue weighted by atomic mass is 31.2. The minimum atomic E-state index is -4.13. The van der Waals surface area contributed by atoms with Crippen molar-refractivity contribution in [3.05, 3.63) is 53.1 Å². The molecule has 12 nitrogen and oxygen atoms in total. The third-order valence-electron chi connectivity index (χ3n) is 5.35. The predicted octanol–water partition coefficient (Wildman–Crippen LogP) is 2.86. The number of benzene rings is 1. The SMILES string of the molecule is CC[C@@H](C)OC(=O)C(NP(=O)(OC[C@H]1OC[C@@H](n2ccc(N)nc2=O)O1)Oc1ccccc1)C(C)C. The Kier molecular flexibility index (Phi) is 9.63. The standard InChI is InChI=1S/C23H33N4O8P/c1-5-16(4)33-22(28)21(15(2)3)26-36(30,35-17-9-7-6-8-10-17)32-14-20-31-13-19(34-20)27-12-11-18(24)25-23(27)29/h6-12,15-16,19-21H,5,13-14H2,1-4H3,(H,26,30)(H2,24,25,29)/t16-,19+,20+,21?,36?/m1/s1. The Morgan fingerprint density at radius 3 is 2.64 bits per heavy atom. The Morgan fingerprint density at radius 1 is 1.28 bits per heavy atom. The van der Waals surface area contributed by atoms with Gasteiger partial charge >= 0.3 is 19.4 Å². The second kappa shape index (κ2) is 12.5. The van der Waals surface area contributed by atoms with Crippen LogP contribution < -0.4 is 21.0 Å². The van der Waals surface area contributed by atoms with Crippen LogP contribution >= 0.6 is 7.75 Å². The molecule has 0 spiro atoms. The van der Waals surface area contributed by atoms with E-state index in [0.717, 1.165) is 0 Å². The third kappa shape index (κ3) is 7.62. The zero-order valence-corrected chi connectivity index (χ0v) is 21.6. The van der Waals surface area contributed by atoms with Crippen molar-refractivity contribution in [3.63, 3.8) is 0 Å². The molecule has 1 aliphatic rings. The minimum Gasteiger partial charge on any atom is -0.462 e. The molecule has 3 N–H and O–H groups in total. The number of nitrogens with one attached hydrogen (secondary N) is 1. The first kappa shape index (κ1) is 27.8. The van der Waals surface area contributed by atoms with Gasteiger partial charge in [0.25, 0.3) is 0 Å². The summed E-state index contributed by atoms with van der Waals surface area (Å²) in [6.07, 6.45) is 0.0478. The van der Waals surface area contributed by atoms with Crippen LogP contribution in [-0.2, 0) is 28.1 Å². The predicted molar refractivity (Wildman–Crippen MR) is 131 cm³/mol. The molecular formula is C23H33N4O8P. The smallest absolute Gasteiger partial charge is 0.459 e. The molecule has 2 unspecified atom stereocenters. The average molecular weight is 525 g/mol. The molecule has 0 aliphatic carbocycles. The number of carbonyl (C=O) groups excluding carboxylic acids is 1. The molecule has 1 aromatic carbocycles. The van der Waals surface area contributed by atoms with Crippen molar-refractivity contribution in [1.29, 1.82) is 0 Å². The summed E-state index contributed by atoms with van der Waals surface area (Å²) in [4.78, 5) is 28.5. The van der Waals surface area contributed by atoms with Crippen LogP contribution in [0.15, 0.2) is 47.4 Å². The number of nitrogens with zero attached hydrogens (tertiary/aromatic N) is 2. The molecule has 2 aromatic rings. The molecule has 13 heteroatoms. The van der Waals surface area contributed by atoms with Crippen LogP contribution in [0.1, 0.15) is 40.3 Å². The van der Waals surface area contributed by atoms with E-state index in [4.69, 9.17) is 29.0 Å². The van der Waals surface area contributed by atoms with Crippen LogP contribution in [0.5, 0.6) is 5.75 Å². The van der Waals surface area contributed by atoms with E-state index >= 15 is 0 Å². The van der Waals surface area contributed by atoms with Gasteiger partial charge in [-0.25, -0.2) is 9.36 Å². The molecule has 3 rings (SSSR count). The zero-order chi connectivity index (χ0) is 26.3. The number of esters is 1. The number of hydrogen-bond donors (Lipinski definition) is 2. The lowest BCUT2D eigenvalue weighted by atomic mass is 10.1. The Balaban J connectivity index is 1.72. The molecule has 0 bridgehead atoms. The van der Waals surface area contributed by atoms with Crippen molar-refractivity contribution in [3.8, 4) is 5.75 Å². The fourth-order valence-electron chi connectivity index (χ4n) is 3.19. The first-order chi connectivity index (χ1) is 17.1. The number of para-hydroxylation sites is 1. The zero-order valence-electron chi connectivity index (χ0n) is 20.7. The van der Waals surface area contributed by atoms with Gasteiger partial charge in [0, 0.05) is 6.20 Å². The van der Waals surface area contributed by atoms with Crippen molar-refractivity contribution in [1.82, 2.24) is 14.6 Å². The molecule has 2 heterocycles. The highest BCUT2D eigenvalue weighted by Gasteiger charge is 2.38. The molecule has 0 radical (unpaired) electrons. The summed E-state index contributed by atoms with van der Waals surface area (Å²) in [6, 6.07) is 8.92. The van der Waals surface area contributed by atoms with Crippen LogP contribution in [0.4, 0.5) is 5.82 Å². The number of nitrogen functional groups attached to an aromatic ring is 1. The Hall–Kier alpha value is -2.76. The van der Waals surface area contributed by atoms with Crippen LogP contribution in [0.25, 0.3) is 0 Å². The second-order valence-corrected chi connectivity index (χ2v) is 10.3. The van der Waals surface area contributed by atoms with E-state index in [2.05, 4.69) is 10.1 Å². The average Bonchev–Trinajstić information content (AvgIpc) is 3.30. The minimum absolute atomic E-state index is 0.0344. The van der Waals surface area contributed by atoms with Gasteiger partial charge in [0.1, 0.15) is 24.2 Å². The van der Waals surface area contributed by atoms with E-state index in [1.165, 1.54) is 16.8 Å². The van der Waals surface area contributed by atoms with Gasteiger partial charge in [-0.1, -0.05) is 39.0 Å². The van der Waals surface area contributed by atoms with Gasteiger partial charge in [0.05, 0.1) is 12.7 Å². The fourth-order valence-corrected chi connectivity index (χ4v) is 4.83. The summed E-state index contributed by atoms with van der Waals surface area (Å²) in [6.45, 7) is 6.97. The van der Waals surface area contributed by atoms with E-state index in [0.29, 0.717) is 6.42 Å². The molecule has 1 saturated heterocycles. The number of carbonyl (C=O) groups is 1. The third-order valence-corrected chi connectivity index (χ3v) is 6.89. The number of nitrogens with two attached hydrogens (primary N) is 1. The Bertz CT molecular complexity index is 1110. The summed E-state index contributed by atoms with van der Waals surface area (Å²) in [5.41, 5.74) is 4.93. The Morgan fingerprint density at radius 2 is 2.00 bits per heavy atom. The Labute approximate surface area is 209 Å². The van der Waals surface area contributed by atoms with Crippen molar-refractivity contribution in [2.75, 3.05) is 18.9 Å². The lowest BCUT2D eigenvalue weighted by Crippen LogP contribution is -2.43. The topological polar surface area (TPSA) is 153 Å². The first-order valence-corrected chi connectivity index (χ1v) is 13.2. The highest BCUT2D eigenvalue weighted by Crippen LogP contribution is 2.46. The number of aromatic nitrogens is 2. The summed E-state index contributed by atoms with van der Waals surface area (Å²) < 4.78 is 43.1. The van der Waals surface area contributed by atoms with Gasteiger partial charge in [0.15, 0.2) is 12.5 Å². The lowest BCUT2D eigenvalue weighted by Gasteiger charge is -2.28. The van der Waals surface area contributed by atoms with E-state index in [1.54, 1.807) is 51.1 Å². The molecule has 0 saturated carbocycles. The van der Waals surface area contributed by atoms with Crippen molar-refractivity contribution in [2.24, 2.45) is 5.92 Å². The number of rotatable bonds is 12. The maximum Gasteiger partial charge on any atom is 0.459 e. The highest BCUT2D eigenvalue weighted by molar-refractivity contribution is 7.52. The molecular weight excluding hydrogens is 491 g/mol. The number of anilines is 1. The van der Waals surface area contributed by atoms with Crippen LogP contribution in [0.3, 0.4) is 0 Å². The number of ether oxygens (including phenoxy) is 3. The second-order valence-electron chi connectivity index (χ2n) is 8.60. The lowest BCUT2D eigenvalue weighted by molar-refractivity contribution is -0.151. The van der Waals surface area contributed by atoms with Gasteiger partial charge in [-0.3, -0.25) is 13.9 Å². The molecule has 5 atom stereocenters. The van der Waals surface area contributed by atoms with E-state index in [1.807, 2.05) is 6.92 Å². The van der Waals surface area contributed by atoms with Crippen LogP contribution in [0, 0.1) is 5.92 Å². The first-order valence-electron chi connectivity index (χ1n) is 11.7. The van der Waals surface area contributed by atoms with Gasteiger partial charge in [-0.15, -0.1) is 0 Å². The normalized spacial score (nSPS) is 21.0. The van der Waals surface area contributed by atoms with E-state index in [-0.39, 0.29) is 36.8 Å². The summed E-state index contributed by atoms with van der Waals surface area (Å²) in [5, 5.41) is 2.74. The van der Waals surface area contributed by atoms with Gasteiger partial charge in [-0.05, 0) is 37.5 Å². The quantitative estimate of drug-likeness (QED) is 0.311. The van der Waals surface area contributed by atoms with Crippen LogP contribution in [-0.4, -0.2) is 47.2 Å². The van der Waals surface area contributed by atoms with Crippen LogP contribution in [0.2, 0.25) is 0 Å². The number of hydrogen-bond acceptors (Lipinski definition) is 10. The van der Waals surface area contributed by atoms with E-state index < -0.39 is 38.0 Å². The largest absolute Gasteiger partial charge is 0.462 e. The summed E-state index contributed by atoms with van der Waals surface area (Å²) in [7, 11) is -4.13. The van der Waals surface area contributed by atoms with Crippen molar-refractivity contribution in [2.45, 2.75) is 58.8 Å². The van der Waals surface area contributed by atoms with Crippen molar-refractivity contribution < 1.29 is 32.6 Å². The van der Waals surface area contributed by atoms with Gasteiger partial charge in [0.2, 0.25) is 0 Å². The maximum absolute atomic E-state index is 13.8. The molecule has 1 aliphatic heterocycles. The van der Waals surface area contributed by atoms with Gasteiger partial charge in [-0.2, -0.15) is 10.1 Å². The molecule has 36 heavy (non-hydrogen) atoms. The molecule has 1 fully saturated rings. The maximum atomic E-state index is 13.8. The van der Waals surface area contributed by atoms with Gasteiger partial charge < -0.3 is 24.5 Å². The van der Waals surface area contributed by atoms with Crippen molar-refractivity contribution >= 4 is 19.5 Å².